The Labute approximate surface area is 201 Å². The lowest BCUT2D eigenvalue weighted by molar-refractivity contribution is -0.123. The van der Waals surface area contributed by atoms with Crippen molar-refractivity contribution in [2.45, 2.75) is 42.9 Å². The summed E-state index contributed by atoms with van der Waals surface area (Å²) >= 11 is 2.58. The van der Waals surface area contributed by atoms with Crippen LogP contribution in [0.15, 0.2) is 28.5 Å². The maximum absolute atomic E-state index is 12.8. The van der Waals surface area contributed by atoms with Crippen LogP contribution >= 0.6 is 23.1 Å². The number of Topliss-reactive ketones (excluding diaryl/α,β-unsaturated/α-hetero) is 1. The molecular weight excluding hydrogens is 484 g/mol. The van der Waals surface area contributed by atoms with E-state index in [-0.39, 0.29) is 23.4 Å². The first-order valence-electron chi connectivity index (χ1n) is 10.4. The van der Waals surface area contributed by atoms with Crippen LogP contribution in [0, 0.1) is 5.92 Å². The molecule has 1 saturated carbocycles. The molecule has 0 saturated heterocycles. The number of hydrogen-bond donors (Lipinski definition) is 3. The van der Waals surface area contributed by atoms with Crippen molar-refractivity contribution in [3.8, 4) is 0 Å². The highest BCUT2D eigenvalue weighted by Gasteiger charge is 2.26. The van der Waals surface area contributed by atoms with Gasteiger partial charge in [-0.2, -0.15) is 0 Å². The third-order valence-electron chi connectivity index (χ3n) is 5.11. The summed E-state index contributed by atoms with van der Waals surface area (Å²) in [6.45, 7) is 0.00761. The van der Waals surface area contributed by atoms with E-state index in [1.54, 1.807) is 24.3 Å². The maximum atomic E-state index is 12.8. The van der Waals surface area contributed by atoms with Gasteiger partial charge in [0.1, 0.15) is 6.42 Å². The number of carbonyl (C=O) groups is 3. The van der Waals surface area contributed by atoms with Crippen molar-refractivity contribution in [2.75, 3.05) is 23.1 Å². The van der Waals surface area contributed by atoms with E-state index in [1.165, 1.54) is 23.1 Å². The van der Waals surface area contributed by atoms with Crippen LogP contribution in [-0.4, -0.2) is 43.5 Å². The van der Waals surface area contributed by atoms with E-state index in [0.29, 0.717) is 16.9 Å². The highest BCUT2D eigenvalue weighted by atomic mass is 32.2. The van der Waals surface area contributed by atoms with Crippen LogP contribution in [0.3, 0.4) is 0 Å². The van der Waals surface area contributed by atoms with E-state index in [0.717, 1.165) is 36.1 Å². The lowest BCUT2D eigenvalue weighted by atomic mass is 9.95. The third kappa shape index (κ3) is 7.36. The molecule has 2 aromatic rings. The molecular formula is C21H26N4O5S3. The Kier molecular flexibility index (Phi) is 8.63. The maximum Gasteiger partial charge on any atom is 0.235 e. The van der Waals surface area contributed by atoms with Gasteiger partial charge in [-0.15, -0.1) is 11.8 Å². The van der Waals surface area contributed by atoms with Crippen LogP contribution in [0.2, 0.25) is 0 Å². The fraction of sp³-hybridized carbons (Fsp3) is 0.429. The zero-order valence-electron chi connectivity index (χ0n) is 18.3. The summed E-state index contributed by atoms with van der Waals surface area (Å²) in [4.78, 5) is 41.9. The van der Waals surface area contributed by atoms with Crippen LogP contribution in [0.5, 0.6) is 0 Å². The van der Waals surface area contributed by atoms with Crippen molar-refractivity contribution in [2.24, 2.45) is 5.92 Å². The Morgan fingerprint density at radius 2 is 1.79 bits per heavy atom. The van der Waals surface area contributed by atoms with E-state index < -0.39 is 28.3 Å². The monoisotopic (exact) mass is 510 g/mol. The summed E-state index contributed by atoms with van der Waals surface area (Å²) in [5.74, 6) is -1.10. The summed E-state index contributed by atoms with van der Waals surface area (Å²) in [5, 5.41) is 5.54. The molecule has 0 atom stereocenters. The molecule has 3 N–H and O–H groups in total. The Hall–Kier alpha value is -2.28. The molecule has 33 heavy (non-hydrogen) atoms. The minimum absolute atomic E-state index is 0.00761. The van der Waals surface area contributed by atoms with E-state index >= 15 is 0 Å². The number of nitrogens with one attached hydrogen (secondary N) is 3. The summed E-state index contributed by atoms with van der Waals surface area (Å²) in [6.07, 6.45) is 6.21. The predicted molar refractivity (Wildman–Crippen MR) is 130 cm³/mol. The molecule has 178 valence electrons. The molecule has 1 aliphatic carbocycles. The highest BCUT2D eigenvalue weighted by Crippen LogP contribution is 2.32. The number of para-hydroxylation sites is 1. The van der Waals surface area contributed by atoms with Crippen LogP contribution < -0.4 is 15.4 Å². The number of anilines is 2. The van der Waals surface area contributed by atoms with Gasteiger partial charge in [0.15, 0.2) is 10.9 Å². The smallest absolute Gasteiger partial charge is 0.235 e. The second-order valence-electron chi connectivity index (χ2n) is 7.71. The summed E-state index contributed by atoms with van der Waals surface area (Å²) in [5.41, 5.74) is 1.36. The fourth-order valence-electron chi connectivity index (χ4n) is 3.58. The Morgan fingerprint density at radius 3 is 2.45 bits per heavy atom. The molecule has 3 rings (SSSR count). The van der Waals surface area contributed by atoms with E-state index in [2.05, 4.69) is 20.3 Å². The van der Waals surface area contributed by atoms with Crippen LogP contribution in [0.25, 0.3) is 0 Å². The average Bonchev–Trinajstić information content (AvgIpc) is 3.41. The van der Waals surface area contributed by atoms with Gasteiger partial charge in [-0.05, 0) is 31.2 Å². The molecule has 0 radical (unpaired) electrons. The molecule has 0 spiro atoms. The van der Waals surface area contributed by atoms with Crippen LogP contribution in [0.4, 0.5) is 10.8 Å². The molecule has 1 fully saturated rings. The lowest BCUT2D eigenvalue weighted by Gasteiger charge is -2.13. The minimum atomic E-state index is -3.38. The second-order valence-corrected chi connectivity index (χ2v) is 11.6. The molecule has 1 aromatic carbocycles. The number of carbonyl (C=O) groups excluding carboxylic acids is 3. The van der Waals surface area contributed by atoms with Crippen molar-refractivity contribution < 1.29 is 22.8 Å². The standard InChI is InChI=1S/C21H26N4O5S3/c1-31-20-16(12-22-33(2,29)30)24-21(32-20)25-18(27)11-17(26)23-15-10-6-5-9-14(15)19(28)13-7-3-4-8-13/h5-6,9-10,13,22H,3-4,7-8,11-12H2,1-2H3,(H,23,26)(H,24,25,27). The number of thioether (sulfide) groups is 1. The van der Waals surface area contributed by atoms with Crippen LogP contribution in [0.1, 0.15) is 48.2 Å². The molecule has 1 heterocycles. The zero-order chi connectivity index (χ0) is 24.0. The molecule has 1 aromatic heterocycles. The van der Waals surface area contributed by atoms with Gasteiger partial charge in [0.05, 0.1) is 28.4 Å². The second kappa shape index (κ2) is 11.2. The molecule has 1 aliphatic rings. The van der Waals surface area contributed by atoms with Gasteiger partial charge in [-0.1, -0.05) is 36.3 Å². The Morgan fingerprint density at radius 1 is 1.12 bits per heavy atom. The molecule has 0 unspecified atom stereocenters. The molecule has 0 aliphatic heterocycles. The van der Waals surface area contributed by atoms with Gasteiger partial charge in [-0.3, -0.25) is 14.4 Å². The van der Waals surface area contributed by atoms with Crippen molar-refractivity contribution >= 4 is 61.5 Å². The van der Waals surface area contributed by atoms with E-state index in [4.69, 9.17) is 0 Å². The van der Waals surface area contributed by atoms with Gasteiger partial charge >= 0.3 is 0 Å². The minimum Gasteiger partial charge on any atom is -0.325 e. The number of nitrogens with zero attached hydrogens (tertiary/aromatic N) is 1. The number of amides is 2. The topological polar surface area (TPSA) is 134 Å². The van der Waals surface area contributed by atoms with E-state index in [1.807, 2.05) is 6.26 Å². The quantitative estimate of drug-likeness (QED) is 0.254. The van der Waals surface area contributed by atoms with Gasteiger partial charge in [0.25, 0.3) is 0 Å². The van der Waals surface area contributed by atoms with Crippen molar-refractivity contribution in [3.05, 3.63) is 35.5 Å². The largest absolute Gasteiger partial charge is 0.325 e. The first-order chi connectivity index (χ1) is 15.7. The molecule has 9 nitrogen and oxygen atoms in total. The molecule has 0 bridgehead atoms. The molecule has 12 heteroatoms. The van der Waals surface area contributed by atoms with Gasteiger partial charge in [-0.25, -0.2) is 18.1 Å². The third-order valence-corrected chi connectivity index (χ3v) is 7.94. The van der Waals surface area contributed by atoms with Crippen molar-refractivity contribution in [3.63, 3.8) is 0 Å². The average molecular weight is 511 g/mol. The Balaban J connectivity index is 1.60. The van der Waals surface area contributed by atoms with Crippen LogP contribution in [-0.2, 0) is 26.2 Å². The number of aromatic nitrogens is 1. The van der Waals surface area contributed by atoms with Gasteiger partial charge in [0, 0.05) is 11.5 Å². The summed E-state index contributed by atoms with van der Waals surface area (Å²) in [7, 11) is -3.38. The summed E-state index contributed by atoms with van der Waals surface area (Å²) in [6, 6.07) is 6.84. The van der Waals surface area contributed by atoms with Gasteiger partial charge < -0.3 is 10.6 Å². The fourth-order valence-corrected chi connectivity index (χ4v) is 5.63. The zero-order valence-corrected chi connectivity index (χ0v) is 20.8. The number of sulfonamides is 1. The first kappa shape index (κ1) is 25.3. The SMILES string of the molecule is CSc1sc(NC(=O)CC(=O)Nc2ccccc2C(=O)C2CCCC2)nc1CNS(C)(=O)=O. The van der Waals surface area contributed by atoms with Crippen molar-refractivity contribution in [1.29, 1.82) is 0 Å². The van der Waals surface area contributed by atoms with Crippen molar-refractivity contribution in [1.82, 2.24) is 9.71 Å². The van der Waals surface area contributed by atoms with E-state index in [9.17, 15) is 22.8 Å². The number of rotatable bonds is 10. The number of thiazole rings is 1. The summed E-state index contributed by atoms with van der Waals surface area (Å²) < 4.78 is 25.8. The number of benzene rings is 1. The number of ketones is 1. The number of hydrogen-bond acceptors (Lipinski definition) is 8. The highest BCUT2D eigenvalue weighted by molar-refractivity contribution is 8.00. The first-order valence-corrected chi connectivity index (χ1v) is 14.3. The predicted octanol–water partition coefficient (Wildman–Crippen LogP) is 3.25. The van der Waals surface area contributed by atoms with Gasteiger partial charge in [0.2, 0.25) is 21.8 Å². The molecule has 2 amide bonds. The lowest BCUT2D eigenvalue weighted by Crippen LogP contribution is -2.23. The Bertz CT molecular complexity index is 1140. The normalized spacial score (nSPS) is 14.2.